The largest absolute Gasteiger partial charge is 0.368 e. The van der Waals surface area contributed by atoms with Crippen LogP contribution in [-0.4, -0.2) is 18.6 Å². The maximum Gasteiger partial charge on any atom is 0.249 e. The van der Waals surface area contributed by atoms with Gasteiger partial charge in [0.15, 0.2) is 0 Å². The Kier molecular flexibility index (Phi) is 3.91. The summed E-state index contributed by atoms with van der Waals surface area (Å²) in [6, 6.07) is 2.81. The highest BCUT2D eigenvalue weighted by Gasteiger charge is 2.25. The van der Waals surface area contributed by atoms with Gasteiger partial charge in [0.25, 0.3) is 0 Å². The second-order valence-electron chi connectivity index (χ2n) is 4.40. The summed E-state index contributed by atoms with van der Waals surface area (Å²) >= 11 is 0. The predicted molar refractivity (Wildman–Crippen MR) is 61.9 cm³/mol. The van der Waals surface area contributed by atoms with E-state index in [0.29, 0.717) is 13.0 Å². The van der Waals surface area contributed by atoms with Gasteiger partial charge in [-0.25, -0.2) is 8.78 Å². The number of nitrogens with one attached hydrogen (secondary N) is 1. The van der Waals surface area contributed by atoms with Crippen LogP contribution in [0, 0.1) is 11.6 Å². The molecule has 0 bridgehead atoms. The summed E-state index contributed by atoms with van der Waals surface area (Å²) in [5.74, 6) is -1.53. The molecule has 18 heavy (non-hydrogen) atoms. The van der Waals surface area contributed by atoms with Crippen LogP contribution in [-0.2, 0) is 9.53 Å². The molecule has 0 unspecified atom stereocenters. The molecule has 0 spiro atoms. The van der Waals surface area contributed by atoms with Crippen LogP contribution in [0.15, 0.2) is 18.2 Å². The normalized spacial score (nSPS) is 20.7. The molecule has 0 radical (unpaired) electrons. The van der Waals surface area contributed by atoms with Crippen LogP contribution in [0.3, 0.4) is 0 Å². The first kappa shape index (κ1) is 13.0. The molecule has 1 fully saturated rings. The fraction of sp³-hybridized carbons (Fsp3) is 0.462. The van der Waals surface area contributed by atoms with Gasteiger partial charge in [0, 0.05) is 18.2 Å². The Labute approximate surface area is 104 Å². The van der Waals surface area contributed by atoms with Crippen LogP contribution in [0.25, 0.3) is 0 Å². The van der Waals surface area contributed by atoms with Crippen molar-refractivity contribution < 1.29 is 18.3 Å². The number of hydrogen-bond acceptors (Lipinski definition) is 2. The molecule has 1 amide bonds. The van der Waals surface area contributed by atoms with E-state index in [2.05, 4.69) is 5.32 Å². The standard InChI is InChI=1S/C13H15F2NO2/c1-8(10-5-4-9(14)7-11(10)15)16-13(17)12-3-2-6-18-12/h4-5,7-8,12H,2-3,6H2,1H3,(H,16,17)/t8-,12+/m1/s1. The summed E-state index contributed by atoms with van der Waals surface area (Å²) in [4.78, 5) is 11.8. The van der Waals surface area contributed by atoms with Crippen molar-refractivity contribution in [2.24, 2.45) is 0 Å². The van der Waals surface area contributed by atoms with Gasteiger partial charge < -0.3 is 10.1 Å². The van der Waals surface area contributed by atoms with Crippen LogP contribution in [0.1, 0.15) is 31.4 Å². The summed E-state index contributed by atoms with van der Waals surface area (Å²) in [6.45, 7) is 2.24. The van der Waals surface area contributed by atoms with E-state index in [1.54, 1.807) is 6.92 Å². The molecule has 0 saturated carbocycles. The smallest absolute Gasteiger partial charge is 0.249 e. The fourth-order valence-corrected chi connectivity index (χ4v) is 2.02. The Morgan fingerprint density at radius 3 is 2.89 bits per heavy atom. The number of carbonyl (C=O) groups excluding carboxylic acids is 1. The lowest BCUT2D eigenvalue weighted by Gasteiger charge is -2.17. The number of halogens is 2. The molecule has 1 N–H and O–H groups in total. The minimum absolute atomic E-state index is 0.247. The third-order valence-electron chi connectivity index (χ3n) is 3.01. The van der Waals surface area contributed by atoms with E-state index in [1.165, 1.54) is 12.1 Å². The highest BCUT2D eigenvalue weighted by atomic mass is 19.1. The lowest BCUT2D eigenvalue weighted by molar-refractivity contribution is -0.130. The monoisotopic (exact) mass is 255 g/mol. The molecular weight excluding hydrogens is 240 g/mol. The molecule has 5 heteroatoms. The van der Waals surface area contributed by atoms with Gasteiger partial charge in [-0.3, -0.25) is 4.79 Å². The van der Waals surface area contributed by atoms with Crippen LogP contribution in [0.4, 0.5) is 8.78 Å². The predicted octanol–water partition coefficient (Wildman–Crippen LogP) is 2.32. The zero-order valence-corrected chi connectivity index (χ0v) is 10.1. The highest BCUT2D eigenvalue weighted by Crippen LogP contribution is 2.19. The van der Waals surface area contributed by atoms with Crippen molar-refractivity contribution in [3.63, 3.8) is 0 Å². The number of hydrogen-bond donors (Lipinski definition) is 1. The van der Waals surface area contributed by atoms with E-state index in [4.69, 9.17) is 4.74 Å². The quantitative estimate of drug-likeness (QED) is 0.900. The molecule has 1 aromatic carbocycles. The molecule has 1 heterocycles. The Morgan fingerprint density at radius 1 is 1.50 bits per heavy atom. The molecule has 2 atom stereocenters. The van der Waals surface area contributed by atoms with Crippen molar-refractivity contribution in [1.29, 1.82) is 0 Å². The number of benzene rings is 1. The summed E-state index contributed by atoms with van der Waals surface area (Å²) in [6.07, 6.45) is 1.10. The molecule has 1 saturated heterocycles. The van der Waals surface area contributed by atoms with Crippen molar-refractivity contribution in [3.8, 4) is 0 Å². The maximum absolute atomic E-state index is 13.5. The van der Waals surface area contributed by atoms with Crippen molar-refractivity contribution in [2.45, 2.75) is 31.9 Å². The van der Waals surface area contributed by atoms with Crippen molar-refractivity contribution in [1.82, 2.24) is 5.32 Å². The molecule has 1 aliphatic rings. The molecule has 0 aromatic heterocycles. The van der Waals surface area contributed by atoms with Crippen molar-refractivity contribution >= 4 is 5.91 Å². The van der Waals surface area contributed by atoms with Crippen LogP contribution < -0.4 is 5.32 Å². The Bertz CT molecular complexity index is 445. The topological polar surface area (TPSA) is 38.3 Å². The first-order valence-corrected chi connectivity index (χ1v) is 5.95. The molecule has 3 nitrogen and oxygen atoms in total. The Hall–Kier alpha value is -1.49. The van der Waals surface area contributed by atoms with Crippen LogP contribution in [0.5, 0.6) is 0 Å². The number of carbonyl (C=O) groups is 1. The van der Waals surface area contributed by atoms with Crippen LogP contribution in [0.2, 0.25) is 0 Å². The average molecular weight is 255 g/mol. The van der Waals surface area contributed by atoms with Crippen LogP contribution >= 0.6 is 0 Å². The van der Waals surface area contributed by atoms with Gasteiger partial charge in [0.05, 0.1) is 6.04 Å². The zero-order chi connectivity index (χ0) is 13.1. The fourth-order valence-electron chi connectivity index (χ4n) is 2.02. The van der Waals surface area contributed by atoms with Gasteiger partial charge >= 0.3 is 0 Å². The third kappa shape index (κ3) is 2.85. The SMILES string of the molecule is C[C@@H](NC(=O)[C@@H]1CCCO1)c1ccc(F)cc1F. The number of ether oxygens (including phenoxy) is 1. The first-order chi connectivity index (χ1) is 8.58. The minimum atomic E-state index is -0.657. The first-order valence-electron chi connectivity index (χ1n) is 5.95. The van der Waals surface area contributed by atoms with Crippen molar-refractivity contribution in [2.75, 3.05) is 6.61 Å². The van der Waals surface area contributed by atoms with E-state index in [9.17, 15) is 13.6 Å². The Balaban J connectivity index is 2.02. The summed E-state index contributed by atoms with van der Waals surface area (Å²) in [7, 11) is 0. The summed E-state index contributed by atoms with van der Waals surface area (Å²) < 4.78 is 31.5. The minimum Gasteiger partial charge on any atom is -0.368 e. The molecule has 98 valence electrons. The lowest BCUT2D eigenvalue weighted by atomic mass is 10.1. The van der Waals surface area contributed by atoms with E-state index >= 15 is 0 Å². The molecule has 2 rings (SSSR count). The van der Waals surface area contributed by atoms with Gasteiger partial charge in [-0.15, -0.1) is 0 Å². The van der Waals surface area contributed by atoms with Gasteiger partial charge in [-0.1, -0.05) is 6.07 Å². The number of amides is 1. The number of rotatable bonds is 3. The van der Waals surface area contributed by atoms with Gasteiger partial charge in [-0.2, -0.15) is 0 Å². The second-order valence-corrected chi connectivity index (χ2v) is 4.40. The summed E-state index contributed by atoms with van der Waals surface area (Å²) in [5, 5.41) is 2.67. The summed E-state index contributed by atoms with van der Waals surface area (Å²) in [5.41, 5.74) is 0.266. The molecule has 1 aromatic rings. The third-order valence-corrected chi connectivity index (χ3v) is 3.01. The highest BCUT2D eigenvalue weighted by molar-refractivity contribution is 5.81. The van der Waals surface area contributed by atoms with E-state index < -0.39 is 23.8 Å². The zero-order valence-electron chi connectivity index (χ0n) is 10.1. The van der Waals surface area contributed by atoms with E-state index in [0.717, 1.165) is 12.5 Å². The lowest BCUT2D eigenvalue weighted by Crippen LogP contribution is -2.36. The van der Waals surface area contributed by atoms with Gasteiger partial charge in [0.1, 0.15) is 17.7 Å². The Morgan fingerprint density at radius 2 is 2.28 bits per heavy atom. The maximum atomic E-state index is 13.5. The molecular formula is C13H15F2NO2. The average Bonchev–Trinajstić information content (AvgIpc) is 2.81. The molecule has 0 aliphatic carbocycles. The second kappa shape index (κ2) is 5.44. The van der Waals surface area contributed by atoms with E-state index in [1.807, 2.05) is 0 Å². The molecule has 1 aliphatic heterocycles. The van der Waals surface area contributed by atoms with Gasteiger partial charge in [-0.05, 0) is 25.8 Å². The van der Waals surface area contributed by atoms with Crippen molar-refractivity contribution in [3.05, 3.63) is 35.4 Å². The van der Waals surface area contributed by atoms with Gasteiger partial charge in [0.2, 0.25) is 5.91 Å². The van der Waals surface area contributed by atoms with E-state index in [-0.39, 0.29) is 11.5 Å².